The van der Waals surface area contributed by atoms with E-state index in [-0.39, 0.29) is 18.2 Å². The number of thiazole rings is 1. The van der Waals surface area contributed by atoms with Crippen molar-refractivity contribution in [1.82, 2.24) is 9.88 Å². The average Bonchev–Trinajstić information content (AvgIpc) is 3.50. The number of rotatable bonds is 10. The summed E-state index contributed by atoms with van der Waals surface area (Å²) in [6.07, 6.45) is 11.2. The Kier molecular flexibility index (Phi) is 10.4. The van der Waals surface area contributed by atoms with Gasteiger partial charge < -0.3 is 10.1 Å². The van der Waals surface area contributed by atoms with E-state index in [1.165, 1.54) is 42.4 Å². The van der Waals surface area contributed by atoms with Crippen LogP contribution in [-0.2, 0) is 16.0 Å². The molecule has 41 heavy (non-hydrogen) atoms. The monoisotopic (exact) mass is 645 g/mol. The second-order valence-electron chi connectivity index (χ2n) is 9.99. The number of anilines is 1. The molecule has 3 aromatic rings. The largest absolute Gasteiger partial charge is 0.490 e. The lowest BCUT2D eigenvalue weighted by Crippen LogP contribution is -2.29. The molecule has 1 saturated heterocycles. The maximum Gasteiger partial charge on any atom is 0.266 e. The molecule has 5 rings (SSSR count). The summed E-state index contributed by atoms with van der Waals surface area (Å²) in [5, 5.41) is 4.40. The first-order chi connectivity index (χ1) is 19.8. The molecular weight excluding hydrogens is 617 g/mol. The van der Waals surface area contributed by atoms with Crippen LogP contribution in [-0.4, -0.2) is 38.7 Å². The number of benzene rings is 2. The number of aromatic nitrogens is 1. The van der Waals surface area contributed by atoms with Crippen molar-refractivity contribution in [3.63, 3.8) is 0 Å². The smallest absolute Gasteiger partial charge is 0.266 e. The third-order valence-corrected chi connectivity index (χ3v) is 9.88. The number of amides is 2. The number of carbonyl (C=O) groups is 2. The van der Waals surface area contributed by atoms with Crippen LogP contribution in [0.3, 0.4) is 0 Å². The molecule has 0 unspecified atom stereocenters. The van der Waals surface area contributed by atoms with E-state index in [9.17, 15) is 9.59 Å². The number of nitrogens with zero attached hydrogens (tertiary/aromatic N) is 2. The van der Waals surface area contributed by atoms with Gasteiger partial charge in [-0.2, -0.15) is 0 Å². The van der Waals surface area contributed by atoms with Crippen LogP contribution in [0.2, 0.25) is 10.0 Å². The van der Waals surface area contributed by atoms with Crippen molar-refractivity contribution in [3.05, 3.63) is 79.6 Å². The van der Waals surface area contributed by atoms with Gasteiger partial charge in [-0.3, -0.25) is 14.5 Å². The van der Waals surface area contributed by atoms with Crippen LogP contribution < -0.4 is 10.1 Å². The molecule has 1 aromatic heterocycles. The zero-order chi connectivity index (χ0) is 28.8. The number of nitrogens with one attached hydrogen (secondary N) is 1. The SMILES string of the molecule is O=C(CCCN1C(=O)/C(=C/c2ccc(OC3CCCCC3)cc2)SC1=S)Nc1ncc(Cc2ccc(Cl)c(Cl)c2)s1. The number of thioether (sulfide) groups is 1. The van der Waals surface area contributed by atoms with E-state index in [4.69, 9.17) is 40.2 Å². The van der Waals surface area contributed by atoms with Crippen molar-refractivity contribution in [3.8, 4) is 5.75 Å². The second-order valence-corrected chi connectivity index (χ2v) is 13.6. The molecule has 214 valence electrons. The summed E-state index contributed by atoms with van der Waals surface area (Å²) in [7, 11) is 0. The third-order valence-electron chi connectivity index (χ3n) is 6.85. The van der Waals surface area contributed by atoms with E-state index >= 15 is 0 Å². The summed E-state index contributed by atoms with van der Waals surface area (Å²) >= 11 is 20.3. The van der Waals surface area contributed by atoms with Crippen LogP contribution in [0, 0.1) is 0 Å². The molecule has 1 N–H and O–H groups in total. The van der Waals surface area contributed by atoms with Gasteiger partial charge in [-0.05, 0) is 73.6 Å². The second kappa shape index (κ2) is 14.2. The molecule has 0 bridgehead atoms. The molecule has 2 aromatic carbocycles. The van der Waals surface area contributed by atoms with Gasteiger partial charge in [0.25, 0.3) is 5.91 Å². The fourth-order valence-corrected chi connectivity index (χ4v) is 7.23. The van der Waals surface area contributed by atoms with Gasteiger partial charge >= 0.3 is 0 Å². The topological polar surface area (TPSA) is 71.5 Å². The van der Waals surface area contributed by atoms with Crippen molar-refractivity contribution >= 4 is 85.9 Å². The van der Waals surface area contributed by atoms with E-state index in [1.807, 2.05) is 42.5 Å². The number of hydrogen-bond acceptors (Lipinski definition) is 7. The predicted octanol–water partition coefficient (Wildman–Crippen LogP) is 8.37. The molecule has 1 saturated carbocycles. The van der Waals surface area contributed by atoms with E-state index < -0.39 is 0 Å². The van der Waals surface area contributed by atoms with Gasteiger partial charge in [0.15, 0.2) is 5.13 Å². The summed E-state index contributed by atoms with van der Waals surface area (Å²) in [6.45, 7) is 0.379. The molecule has 0 atom stereocenters. The van der Waals surface area contributed by atoms with Gasteiger partial charge in [-0.15, -0.1) is 11.3 Å². The quantitative estimate of drug-likeness (QED) is 0.176. The van der Waals surface area contributed by atoms with Crippen molar-refractivity contribution in [2.45, 2.75) is 57.5 Å². The highest BCUT2D eigenvalue weighted by Gasteiger charge is 2.31. The Morgan fingerprint density at radius 3 is 2.66 bits per heavy atom. The van der Waals surface area contributed by atoms with Gasteiger partial charge in [-0.25, -0.2) is 4.98 Å². The minimum absolute atomic E-state index is 0.130. The maximum absolute atomic E-state index is 13.0. The van der Waals surface area contributed by atoms with Crippen LogP contribution in [0.1, 0.15) is 60.9 Å². The Morgan fingerprint density at radius 1 is 1.12 bits per heavy atom. The average molecular weight is 647 g/mol. The zero-order valence-electron chi connectivity index (χ0n) is 22.2. The Hall–Kier alpha value is -2.43. The van der Waals surface area contributed by atoms with Crippen LogP contribution in [0.25, 0.3) is 6.08 Å². The fraction of sp³-hybridized carbons (Fsp3) is 0.333. The summed E-state index contributed by atoms with van der Waals surface area (Å²) in [5.41, 5.74) is 1.93. The molecule has 2 aliphatic rings. The van der Waals surface area contributed by atoms with Gasteiger partial charge in [-0.1, -0.05) is 71.8 Å². The van der Waals surface area contributed by atoms with Crippen LogP contribution in [0.4, 0.5) is 5.13 Å². The Morgan fingerprint density at radius 2 is 1.90 bits per heavy atom. The molecule has 1 aliphatic carbocycles. The summed E-state index contributed by atoms with van der Waals surface area (Å²) in [6, 6.07) is 13.3. The highest BCUT2D eigenvalue weighted by molar-refractivity contribution is 8.26. The third kappa shape index (κ3) is 8.32. The van der Waals surface area contributed by atoms with Gasteiger partial charge in [0.2, 0.25) is 5.91 Å². The van der Waals surface area contributed by atoms with E-state index in [2.05, 4.69) is 10.3 Å². The van der Waals surface area contributed by atoms with Crippen molar-refractivity contribution < 1.29 is 14.3 Å². The van der Waals surface area contributed by atoms with Gasteiger partial charge in [0.05, 0.1) is 21.1 Å². The van der Waals surface area contributed by atoms with Crippen LogP contribution >= 0.6 is 58.5 Å². The van der Waals surface area contributed by atoms with Gasteiger partial charge in [0, 0.05) is 30.5 Å². The summed E-state index contributed by atoms with van der Waals surface area (Å²) in [4.78, 5) is 33.0. The van der Waals surface area contributed by atoms with Crippen LogP contribution in [0.15, 0.2) is 53.6 Å². The lowest BCUT2D eigenvalue weighted by atomic mass is 9.98. The number of thiocarbonyl (C=S) groups is 1. The number of ether oxygens (including phenoxy) is 1. The molecule has 0 spiro atoms. The van der Waals surface area contributed by atoms with Crippen molar-refractivity contribution in [1.29, 1.82) is 0 Å². The van der Waals surface area contributed by atoms with Crippen LogP contribution in [0.5, 0.6) is 5.75 Å². The molecule has 2 fully saturated rings. The molecule has 2 heterocycles. The lowest BCUT2D eigenvalue weighted by molar-refractivity contribution is -0.122. The predicted molar refractivity (Wildman–Crippen MR) is 173 cm³/mol. The maximum atomic E-state index is 13.0. The lowest BCUT2D eigenvalue weighted by Gasteiger charge is -2.22. The van der Waals surface area contributed by atoms with E-state index in [0.717, 1.165) is 34.6 Å². The van der Waals surface area contributed by atoms with Crippen molar-refractivity contribution in [2.75, 3.05) is 11.9 Å². The highest BCUT2D eigenvalue weighted by Crippen LogP contribution is 2.33. The van der Waals surface area contributed by atoms with E-state index in [0.29, 0.717) is 49.9 Å². The Balaban J connectivity index is 1.07. The highest BCUT2D eigenvalue weighted by atomic mass is 35.5. The minimum Gasteiger partial charge on any atom is -0.490 e. The summed E-state index contributed by atoms with van der Waals surface area (Å²) < 4.78 is 6.61. The van der Waals surface area contributed by atoms with Gasteiger partial charge in [0.1, 0.15) is 10.1 Å². The normalized spacial score (nSPS) is 16.9. The first kappa shape index (κ1) is 30.0. The molecule has 11 heteroatoms. The zero-order valence-corrected chi connectivity index (χ0v) is 26.2. The molecule has 0 radical (unpaired) electrons. The van der Waals surface area contributed by atoms with E-state index in [1.54, 1.807) is 17.2 Å². The Bertz CT molecular complexity index is 1450. The molecular formula is C30H29Cl2N3O3S3. The number of carbonyl (C=O) groups excluding carboxylic acids is 2. The first-order valence-electron chi connectivity index (χ1n) is 13.5. The fourth-order valence-electron chi connectivity index (χ4n) is 4.74. The molecule has 6 nitrogen and oxygen atoms in total. The minimum atomic E-state index is -0.156. The number of hydrogen-bond donors (Lipinski definition) is 1. The summed E-state index contributed by atoms with van der Waals surface area (Å²) in [5.74, 6) is 0.576. The first-order valence-corrected chi connectivity index (χ1v) is 16.3. The Labute approximate surface area is 263 Å². The molecule has 2 amide bonds. The number of halogens is 2. The molecule has 1 aliphatic heterocycles. The van der Waals surface area contributed by atoms with Crippen molar-refractivity contribution in [2.24, 2.45) is 0 Å². The standard InChI is InChI=1S/C30H29Cl2N3O3S3/c31-24-13-10-20(16-25(24)32)15-23-18-33-29(40-23)34-27(36)7-4-14-35-28(37)26(41-30(35)39)17-19-8-11-22(12-9-19)38-21-5-2-1-3-6-21/h8-13,16-18,21H,1-7,14-15H2,(H,33,34,36)/b26-17-.